The highest BCUT2D eigenvalue weighted by Gasteiger charge is 2.25. The maximum Gasteiger partial charge on any atom is 0.259 e. The molecule has 0 radical (unpaired) electrons. The van der Waals surface area contributed by atoms with Gasteiger partial charge in [-0.3, -0.25) is 14.6 Å². The summed E-state index contributed by atoms with van der Waals surface area (Å²) in [7, 11) is 1.90. The smallest absolute Gasteiger partial charge is 0.259 e. The molecule has 0 spiro atoms. The fourth-order valence-corrected chi connectivity index (χ4v) is 4.73. The Labute approximate surface area is 213 Å². The lowest BCUT2D eigenvalue weighted by Crippen LogP contribution is -2.40. The van der Waals surface area contributed by atoms with E-state index < -0.39 is 0 Å². The van der Waals surface area contributed by atoms with Gasteiger partial charge in [-0.15, -0.1) is 0 Å². The minimum absolute atomic E-state index is 0.00720. The van der Waals surface area contributed by atoms with Crippen molar-refractivity contribution in [2.45, 2.75) is 59.9 Å². The van der Waals surface area contributed by atoms with Crippen LogP contribution in [0.3, 0.4) is 0 Å². The SMILES string of the molecule is Cc1ccc(-n2ncc(C(=O)Nc3cnc(C4=CCC(N(C)C(=O)C(C)C)CC4)c(C)c3)c2C)cc1. The minimum atomic E-state index is -0.211. The molecule has 0 saturated carbocycles. The number of rotatable bonds is 6. The number of allylic oxidation sites excluding steroid dienone is 1. The molecule has 0 saturated heterocycles. The number of nitrogens with one attached hydrogen (secondary N) is 1. The van der Waals surface area contributed by atoms with Gasteiger partial charge < -0.3 is 10.2 Å². The summed E-state index contributed by atoms with van der Waals surface area (Å²) in [5, 5.41) is 7.39. The van der Waals surface area contributed by atoms with Crippen LogP contribution in [0.15, 0.2) is 48.8 Å². The van der Waals surface area contributed by atoms with Crippen molar-refractivity contribution in [1.29, 1.82) is 0 Å². The van der Waals surface area contributed by atoms with Gasteiger partial charge in [0, 0.05) is 19.0 Å². The number of carbonyl (C=O) groups excluding carboxylic acids is 2. The first-order chi connectivity index (χ1) is 17.2. The third-order valence-electron chi connectivity index (χ3n) is 6.95. The first-order valence-electron chi connectivity index (χ1n) is 12.5. The average molecular weight is 486 g/mol. The highest BCUT2D eigenvalue weighted by Crippen LogP contribution is 2.31. The maximum atomic E-state index is 13.0. The molecule has 1 aliphatic carbocycles. The van der Waals surface area contributed by atoms with E-state index in [9.17, 15) is 9.59 Å². The highest BCUT2D eigenvalue weighted by atomic mass is 16.2. The fourth-order valence-electron chi connectivity index (χ4n) is 4.73. The van der Waals surface area contributed by atoms with Crippen LogP contribution < -0.4 is 5.32 Å². The second-order valence-corrected chi connectivity index (χ2v) is 10.00. The lowest BCUT2D eigenvalue weighted by molar-refractivity contribution is -0.135. The predicted molar refractivity (Wildman–Crippen MR) is 143 cm³/mol. The Morgan fingerprint density at radius 3 is 2.44 bits per heavy atom. The summed E-state index contributed by atoms with van der Waals surface area (Å²) in [5.41, 5.74) is 7.21. The van der Waals surface area contributed by atoms with Crippen molar-refractivity contribution in [2.24, 2.45) is 5.92 Å². The van der Waals surface area contributed by atoms with E-state index in [1.165, 1.54) is 11.1 Å². The van der Waals surface area contributed by atoms with E-state index in [2.05, 4.69) is 21.5 Å². The Hall–Kier alpha value is -3.74. The summed E-state index contributed by atoms with van der Waals surface area (Å²) < 4.78 is 1.77. The maximum absolute atomic E-state index is 13.0. The molecule has 2 aromatic heterocycles. The number of pyridine rings is 1. The van der Waals surface area contributed by atoms with Crippen LogP contribution in [0.5, 0.6) is 0 Å². The molecule has 2 heterocycles. The molecule has 0 aliphatic heterocycles. The fraction of sp³-hybridized carbons (Fsp3) is 0.379. The molecule has 1 aliphatic rings. The number of benzene rings is 1. The van der Waals surface area contributed by atoms with Crippen LogP contribution in [-0.2, 0) is 4.79 Å². The molecule has 1 aromatic carbocycles. The molecule has 0 fully saturated rings. The summed E-state index contributed by atoms with van der Waals surface area (Å²) in [4.78, 5) is 31.9. The standard InChI is InChI=1S/C29H35N5O2/c1-18(2)29(36)33(6)24-13-9-22(10-14-24)27-20(4)15-23(16-30-27)32-28(35)26-17-31-34(21(26)5)25-11-7-19(3)8-12-25/h7-9,11-12,15-18,24H,10,13-14H2,1-6H3,(H,32,35). The number of anilines is 1. The molecule has 1 atom stereocenters. The molecule has 4 rings (SSSR count). The van der Waals surface area contributed by atoms with Crippen molar-refractivity contribution in [3.8, 4) is 5.69 Å². The molecule has 2 amide bonds. The Kier molecular flexibility index (Phi) is 7.38. The average Bonchev–Trinajstić information content (AvgIpc) is 3.25. The van der Waals surface area contributed by atoms with Gasteiger partial charge in [-0.05, 0) is 69.4 Å². The van der Waals surface area contributed by atoms with E-state index >= 15 is 0 Å². The second-order valence-electron chi connectivity index (χ2n) is 10.00. The lowest BCUT2D eigenvalue weighted by Gasteiger charge is -2.32. The Balaban J connectivity index is 1.44. The van der Waals surface area contributed by atoms with Gasteiger partial charge in [0.1, 0.15) is 0 Å². The molecule has 7 nitrogen and oxygen atoms in total. The van der Waals surface area contributed by atoms with Crippen LogP contribution in [0, 0.1) is 26.7 Å². The zero-order valence-electron chi connectivity index (χ0n) is 22.0. The van der Waals surface area contributed by atoms with Crippen LogP contribution in [0.25, 0.3) is 11.3 Å². The van der Waals surface area contributed by atoms with Crippen LogP contribution in [-0.4, -0.2) is 44.6 Å². The van der Waals surface area contributed by atoms with E-state index in [0.717, 1.165) is 41.9 Å². The van der Waals surface area contributed by atoms with Crippen molar-refractivity contribution in [3.05, 3.63) is 76.9 Å². The van der Waals surface area contributed by atoms with E-state index in [1.807, 2.05) is 76.9 Å². The van der Waals surface area contributed by atoms with Crippen LogP contribution in [0.4, 0.5) is 5.69 Å². The van der Waals surface area contributed by atoms with Gasteiger partial charge in [-0.1, -0.05) is 37.6 Å². The normalized spacial score (nSPS) is 15.5. The topological polar surface area (TPSA) is 80.1 Å². The summed E-state index contributed by atoms with van der Waals surface area (Å²) >= 11 is 0. The molecule has 188 valence electrons. The molecule has 3 aromatic rings. The van der Waals surface area contributed by atoms with Gasteiger partial charge in [0.15, 0.2) is 0 Å². The number of aryl methyl sites for hydroxylation is 2. The summed E-state index contributed by atoms with van der Waals surface area (Å²) in [5.74, 6) is -0.0175. The third kappa shape index (κ3) is 5.25. The molecule has 0 bridgehead atoms. The number of nitrogens with zero attached hydrogens (tertiary/aromatic N) is 4. The molecule has 1 N–H and O–H groups in total. The highest BCUT2D eigenvalue weighted by molar-refractivity contribution is 6.05. The number of hydrogen-bond acceptors (Lipinski definition) is 4. The third-order valence-corrected chi connectivity index (χ3v) is 6.95. The largest absolute Gasteiger partial charge is 0.342 e. The zero-order valence-corrected chi connectivity index (χ0v) is 22.0. The van der Waals surface area contributed by atoms with Gasteiger partial charge in [0.05, 0.1) is 40.7 Å². The lowest BCUT2D eigenvalue weighted by atomic mass is 9.90. The van der Waals surface area contributed by atoms with Crippen LogP contribution >= 0.6 is 0 Å². The van der Waals surface area contributed by atoms with Gasteiger partial charge >= 0.3 is 0 Å². The Bertz CT molecular complexity index is 1300. The molecule has 36 heavy (non-hydrogen) atoms. The monoisotopic (exact) mass is 485 g/mol. The van der Waals surface area contributed by atoms with Gasteiger partial charge in [-0.2, -0.15) is 5.10 Å². The quantitative estimate of drug-likeness (QED) is 0.500. The van der Waals surface area contributed by atoms with Crippen molar-refractivity contribution in [1.82, 2.24) is 19.7 Å². The first kappa shape index (κ1) is 25.4. The van der Waals surface area contributed by atoms with Crippen molar-refractivity contribution in [2.75, 3.05) is 12.4 Å². The van der Waals surface area contributed by atoms with Crippen molar-refractivity contribution < 1.29 is 9.59 Å². The van der Waals surface area contributed by atoms with Gasteiger partial charge in [0.2, 0.25) is 5.91 Å². The van der Waals surface area contributed by atoms with Crippen molar-refractivity contribution >= 4 is 23.1 Å². The summed E-state index contributed by atoms with van der Waals surface area (Å²) in [6.07, 6.45) is 8.13. The Morgan fingerprint density at radius 2 is 1.83 bits per heavy atom. The number of carbonyl (C=O) groups is 2. The minimum Gasteiger partial charge on any atom is -0.342 e. The van der Waals surface area contributed by atoms with Crippen LogP contribution in [0.1, 0.15) is 66.0 Å². The first-order valence-corrected chi connectivity index (χ1v) is 12.5. The molecule has 7 heteroatoms. The van der Waals surface area contributed by atoms with Crippen molar-refractivity contribution in [3.63, 3.8) is 0 Å². The van der Waals surface area contributed by atoms with E-state index in [1.54, 1.807) is 17.1 Å². The number of hydrogen-bond donors (Lipinski definition) is 1. The molecular weight excluding hydrogens is 450 g/mol. The Morgan fingerprint density at radius 1 is 1.11 bits per heavy atom. The summed E-state index contributed by atoms with van der Waals surface area (Å²) in [6, 6.07) is 10.2. The van der Waals surface area contributed by atoms with Gasteiger partial charge in [-0.25, -0.2) is 4.68 Å². The number of amides is 2. The van der Waals surface area contributed by atoms with Gasteiger partial charge in [0.25, 0.3) is 5.91 Å². The van der Waals surface area contributed by atoms with E-state index in [0.29, 0.717) is 11.3 Å². The number of aromatic nitrogens is 3. The second kappa shape index (κ2) is 10.5. The van der Waals surface area contributed by atoms with E-state index in [4.69, 9.17) is 0 Å². The predicted octanol–water partition coefficient (Wildman–Crippen LogP) is 5.50. The van der Waals surface area contributed by atoms with Crippen LogP contribution in [0.2, 0.25) is 0 Å². The zero-order chi connectivity index (χ0) is 26.0. The molecule has 1 unspecified atom stereocenters. The molecular formula is C29H35N5O2. The summed E-state index contributed by atoms with van der Waals surface area (Å²) in [6.45, 7) is 9.82. The van der Waals surface area contributed by atoms with E-state index in [-0.39, 0.29) is 23.8 Å².